The maximum absolute atomic E-state index is 6.32. The molecule has 0 N–H and O–H groups in total. The van der Waals surface area contributed by atoms with E-state index in [1.54, 1.807) is 0 Å². The molecule has 0 saturated carbocycles. The molecule has 4 heteroatoms. The van der Waals surface area contributed by atoms with Crippen LogP contribution in [0.4, 0.5) is 0 Å². The first-order valence-corrected chi connectivity index (χ1v) is 14.3. The molecule has 202 valence electrons. The van der Waals surface area contributed by atoms with Gasteiger partial charge < -0.3 is 4.42 Å². The number of fused-ring (bicyclic) bond motifs is 3. The monoisotopic (exact) mass is 551 g/mol. The van der Waals surface area contributed by atoms with Crippen LogP contribution in [0.15, 0.2) is 156 Å². The number of furan rings is 1. The summed E-state index contributed by atoms with van der Waals surface area (Å²) in [7, 11) is 0. The largest absolute Gasteiger partial charge is 0.456 e. The Kier molecular flexibility index (Phi) is 6.08. The van der Waals surface area contributed by atoms with E-state index < -0.39 is 0 Å². The van der Waals surface area contributed by atoms with Gasteiger partial charge in [-0.15, -0.1) is 0 Å². The van der Waals surface area contributed by atoms with Gasteiger partial charge in [0.1, 0.15) is 11.2 Å². The summed E-state index contributed by atoms with van der Waals surface area (Å²) in [6.45, 7) is 0. The summed E-state index contributed by atoms with van der Waals surface area (Å²) in [5, 5.41) is 2.19. The SMILES string of the molecule is c1ccc(-c2ccc3oc4cccc(-c5cccc(-c6nc(-c7ccccc7)nc(-c7ccccc7)n6)c5)c4c3c2)cc1. The highest BCUT2D eigenvalue weighted by molar-refractivity contribution is 6.13. The predicted molar refractivity (Wildman–Crippen MR) is 174 cm³/mol. The molecule has 8 rings (SSSR count). The highest BCUT2D eigenvalue weighted by Crippen LogP contribution is 2.39. The summed E-state index contributed by atoms with van der Waals surface area (Å²) in [5.74, 6) is 1.92. The number of hydrogen-bond donors (Lipinski definition) is 0. The van der Waals surface area contributed by atoms with E-state index in [-0.39, 0.29) is 0 Å². The number of hydrogen-bond acceptors (Lipinski definition) is 4. The van der Waals surface area contributed by atoms with Gasteiger partial charge in [0.25, 0.3) is 0 Å². The molecule has 0 fully saturated rings. The first-order valence-electron chi connectivity index (χ1n) is 14.3. The number of benzene rings is 6. The third kappa shape index (κ3) is 4.65. The van der Waals surface area contributed by atoms with Crippen molar-refractivity contribution >= 4 is 21.9 Å². The van der Waals surface area contributed by atoms with Gasteiger partial charge in [0.05, 0.1) is 0 Å². The van der Waals surface area contributed by atoms with Crippen molar-refractivity contribution in [1.82, 2.24) is 15.0 Å². The molecule has 0 amide bonds. The molecule has 0 saturated heterocycles. The Morgan fingerprint density at radius 2 is 0.884 bits per heavy atom. The van der Waals surface area contributed by atoms with E-state index in [1.807, 2.05) is 72.8 Å². The predicted octanol–water partition coefficient (Wildman–Crippen LogP) is 10.1. The zero-order chi connectivity index (χ0) is 28.6. The molecule has 0 radical (unpaired) electrons. The van der Waals surface area contributed by atoms with Crippen LogP contribution < -0.4 is 0 Å². The van der Waals surface area contributed by atoms with Crippen molar-refractivity contribution in [2.45, 2.75) is 0 Å². The van der Waals surface area contributed by atoms with Crippen LogP contribution in [-0.2, 0) is 0 Å². The fourth-order valence-electron chi connectivity index (χ4n) is 5.64. The Morgan fingerprint density at radius 1 is 0.349 bits per heavy atom. The Balaban J connectivity index is 1.29. The highest BCUT2D eigenvalue weighted by Gasteiger charge is 2.16. The third-order valence-corrected chi connectivity index (χ3v) is 7.73. The Morgan fingerprint density at radius 3 is 1.53 bits per heavy atom. The molecular weight excluding hydrogens is 526 g/mol. The van der Waals surface area contributed by atoms with Gasteiger partial charge in [-0.3, -0.25) is 0 Å². The van der Waals surface area contributed by atoms with Crippen molar-refractivity contribution < 1.29 is 4.42 Å². The van der Waals surface area contributed by atoms with Crippen molar-refractivity contribution in [2.75, 3.05) is 0 Å². The van der Waals surface area contributed by atoms with E-state index >= 15 is 0 Å². The molecule has 8 aromatic rings. The standard InChI is InChI=1S/C39H25N3O/c1-4-12-26(13-5-1)29-22-23-34-33(25-29)36-32(20-11-21-35(36)43-34)30-18-10-19-31(24-30)39-41-37(27-14-6-2-7-15-27)40-38(42-39)28-16-8-3-9-17-28/h1-25H. The molecule has 0 aliphatic rings. The smallest absolute Gasteiger partial charge is 0.164 e. The molecule has 0 aliphatic carbocycles. The van der Waals surface area contributed by atoms with Crippen molar-refractivity contribution in [3.8, 4) is 56.4 Å². The van der Waals surface area contributed by atoms with Crippen LogP contribution in [0.2, 0.25) is 0 Å². The van der Waals surface area contributed by atoms with E-state index in [4.69, 9.17) is 19.4 Å². The van der Waals surface area contributed by atoms with Crippen LogP contribution in [0.3, 0.4) is 0 Å². The fraction of sp³-hybridized carbons (Fsp3) is 0. The number of aromatic nitrogens is 3. The summed E-state index contributed by atoms with van der Waals surface area (Å²) in [6, 6.07) is 51.6. The van der Waals surface area contributed by atoms with Crippen LogP contribution >= 0.6 is 0 Å². The van der Waals surface area contributed by atoms with Crippen LogP contribution in [0.25, 0.3) is 78.4 Å². The van der Waals surface area contributed by atoms with Gasteiger partial charge in [0.15, 0.2) is 17.5 Å². The van der Waals surface area contributed by atoms with Gasteiger partial charge in [-0.05, 0) is 46.5 Å². The molecule has 2 heterocycles. The zero-order valence-corrected chi connectivity index (χ0v) is 23.2. The summed E-state index contributed by atoms with van der Waals surface area (Å²) in [4.78, 5) is 14.7. The second kappa shape index (κ2) is 10.5. The summed E-state index contributed by atoms with van der Waals surface area (Å²) < 4.78 is 6.32. The Labute approximate surface area is 249 Å². The second-order valence-corrected chi connectivity index (χ2v) is 10.5. The average Bonchev–Trinajstić information content (AvgIpc) is 3.47. The van der Waals surface area contributed by atoms with Crippen LogP contribution in [-0.4, -0.2) is 15.0 Å². The Bertz CT molecular complexity index is 2170. The zero-order valence-electron chi connectivity index (χ0n) is 23.2. The van der Waals surface area contributed by atoms with E-state index in [0.29, 0.717) is 17.5 Å². The quantitative estimate of drug-likeness (QED) is 0.214. The van der Waals surface area contributed by atoms with Crippen molar-refractivity contribution in [1.29, 1.82) is 0 Å². The lowest BCUT2D eigenvalue weighted by molar-refractivity contribution is 0.669. The first kappa shape index (κ1) is 24.9. The van der Waals surface area contributed by atoms with Crippen molar-refractivity contribution in [3.63, 3.8) is 0 Å². The van der Waals surface area contributed by atoms with Gasteiger partial charge in [0, 0.05) is 27.5 Å². The molecule has 6 aromatic carbocycles. The fourth-order valence-corrected chi connectivity index (χ4v) is 5.64. The molecule has 0 spiro atoms. The molecule has 4 nitrogen and oxygen atoms in total. The number of nitrogens with zero attached hydrogens (tertiary/aromatic N) is 3. The molecule has 2 aromatic heterocycles. The lowest BCUT2D eigenvalue weighted by Gasteiger charge is -2.10. The van der Waals surface area contributed by atoms with Crippen LogP contribution in [0.1, 0.15) is 0 Å². The van der Waals surface area contributed by atoms with Crippen molar-refractivity contribution in [3.05, 3.63) is 152 Å². The highest BCUT2D eigenvalue weighted by atomic mass is 16.3. The van der Waals surface area contributed by atoms with E-state index in [2.05, 4.69) is 78.9 Å². The lowest BCUT2D eigenvalue weighted by Crippen LogP contribution is -2.00. The van der Waals surface area contributed by atoms with Gasteiger partial charge in [-0.2, -0.15) is 0 Å². The summed E-state index contributed by atoms with van der Waals surface area (Å²) in [6.07, 6.45) is 0. The number of rotatable bonds is 5. The maximum atomic E-state index is 6.32. The minimum Gasteiger partial charge on any atom is -0.456 e. The van der Waals surface area contributed by atoms with E-state index in [0.717, 1.165) is 55.3 Å². The van der Waals surface area contributed by atoms with Crippen LogP contribution in [0, 0.1) is 0 Å². The topological polar surface area (TPSA) is 51.8 Å². The minimum atomic E-state index is 0.630. The molecule has 0 aliphatic heterocycles. The maximum Gasteiger partial charge on any atom is 0.164 e. The van der Waals surface area contributed by atoms with Gasteiger partial charge in [-0.1, -0.05) is 127 Å². The molecular formula is C39H25N3O. The van der Waals surface area contributed by atoms with Crippen LogP contribution in [0.5, 0.6) is 0 Å². The molecule has 0 atom stereocenters. The lowest BCUT2D eigenvalue weighted by atomic mass is 9.96. The Hall–Kier alpha value is -5.87. The van der Waals surface area contributed by atoms with Gasteiger partial charge >= 0.3 is 0 Å². The average molecular weight is 552 g/mol. The molecule has 0 bridgehead atoms. The van der Waals surface area contributed by atoms with E-state index in [9.17, 15) is 0 Å². The normalized spacial score (nSPS) is 11.3. The molecule has 0 unspecified atom stereocenters. The summed E-state index contributed by atoms with van der Waals surface area (Å²) in [5.41, 5.74) is 9.05. The summed E-state index contributed by atoms with van der Waals surface area (Å²) >= 11 is 0. The van der Waals surface area contributed by atoms with E-state index in [1.165, 1.54) is 5.56 Å². The second-order valence-electron chi connectivity index (χ2n) is 10.5. The first-order chi connectivity index (χ1) is 21.3. The minimum absolute atomic E-state index is 0.630. The van der Waals surface area contributed by atoms with Crippen molar-refractivity contribution in [2.24, 2.45) is 0 Å². The van der Waals surface area contributed by atoms with Gasteiger partial charge in [0.2, 0.25) is 0 Å². The van der Waals surface area contributed by atoms with Gasteiger partial charge in [-0.25, -0.2) is 15.0 Å². The molecule has 43 heavy (non-hydrogen) atoms. The third-order valence-electron chi connectivity index (χ3n) is 7.73.